The second-order valence-corrected chi connectivity index (χ2v) is 4.36. The first-order valence-corrected chi connectivity index (χ1v) is 6.12. The van der Waals surface area contributed by atoms with Gasteiger partial charge in [-0.15, -0.1) is 0 Å². The lowest BCUT2D eigenvalue weighted by Crippen LogP contribution is -2.13. The molecule has 0 aliphatic carbocycles. The Kier molecular flexibility index (Phi) is 8.16. The van der Waals surface area contributed by atoms with Crippen molar-refractivity contribution < 1.29 is 28.1 Å². The summed E-state index contributed by atoms with van der Waals surface area (Å²) in [7, 11) is 0. The molecule has 2 N–H and O–H groups in total. The van der Waals surface area contributed by atoms with Crippen LogP contribution in [0, 0.1) is 5.39 Å². The van der Waals surface area contributed by atoms with Crippen LogP contribution in [-0.2, 0) is 4.74 Å². The maximum Gasteiger partial charge on any atom is 0.543 e. The molecule has 8 heteroatoms. The van der Waals surface area contributed by atoms with E-state index in [4.69, 9.17) is 15.6 Å². The molecule has 0 aromatic carbocycles. The second kappa shape index (κ2) is 9.02. The summed E-state index contributed by atoms with van der Waals surface area (Å²) in [5.41, 5.74) is -0.279. The fourth-order valence-electron chi connectivity index (χ4n) is 1.33. The Labute approximate surface area is 120 Å². The van der Waals surface area contributed by atoms with E-state index in [1.807, 2.05) is 11.9 Å². The standard InChI is InChI=1S/C13H17F3N2O3/c1-9(6-7-19)4-3-5-10(2)8-21-12(20)11(18-17)13(14,15)16/h5-6,19H,3-4,7-8H2,1-2H3/p+1/b9-6+,10-5+,12-11-. The molecule has 0 aromatic heterocycles. The Hall–Kier alpha value is -2.01. The summed E-state index contributed by atoms with van der Waals surface area (Å²) in [5.74, 6) is -1.48. The molecular weight excluding hydrogens is 289 g/mol. The molecule has 21 heavy (non-hydrogen) atoms. The van der Waals surface area contributed by atoms with Gasteiger partial charge in [0.05, 0.1) is 6.61 Å². The molecule has 0 spiro atoms. The Morgan fingerprint density at radius 3 is 2.33 bits per heavy atom. The van der Waals surface area contributed by atoms with Crippen molar-refractivity contribution in [2.24, 2.45) is 0 Å². The highest BCUT2D eigenvalue weighted by Crippen LogP contribution is 2.28. The molecule has 0 atom stereocenters. The third kappa shape index (κ3) is 7.99. The molecule has 0 aromatic rings. The number of aliphatic hydroxyl groups is 2. The molecule has 0 aliphatic rings. The summed E-state index contributed by atoms with van der Waals surface area (Å²) in [6.45, 7) is 3.18. The van der Waals surface area contributed by atoms with Gasteiger partial charge < -0.3 is 14.9 Å². The van der Waals surface area contributed by atoms with Crippen molar-refractivity contribution in [3.8, 4) is 0 Å². The van der Waals surface area contributed by atoms with Gasteiger partial charge in [0.2, 0.25) is 5.39 Å². The summed E-state index contributed by atoms with van der Waals surface area (Å²) in [6.07, 6.45) is -0.279. The van der Waals surface area contributed by atoms with Crippen LogP contribution in [0.15, 0.2) is 34.9 Å². The van der Waals surface area contributed by atoms with Crippen LogP contribution in [-0.4, -0.2) is 29.6 Å². The molecule has 0 unspecified atom stereocenters. The molecule has 0 aliphatic heterocycles. The van der Waals surface area contributed by atoms with E-state index in [0.717, 1.165) is 5.57 Å². The van der Waals surface area contributed by atoms with Crippen molar-refractivity contribution in [1.29, 1.82) is 5.39 Å². The largest absolute Gasteiger partial charge is 0.543 e. The monoisotopic (exact) mass is 307 g/mol. The van der Waals surface area contributed by atoms with Crippen LogP contribution in [0.25, 0.3) is 4.98 Å². The summed E-state index contributed by atoms with van der Waals surface area (Å²) in [5, 5.41) is 26.0. The van der Waals surface area contributed by atoms with E-state index in [1.54, 1.807) is 19.1 Å². The lowest BCUT2D eigenvalue weighted by atomic mass is 10.1. The Morgan fingerprint density at radius 2 is 1.86 bits per heavy atom. The summed E-state index contributed by atoms with van der Waals surface area (Å²) < 4.78 is 41.3. The van der Waals surface area contributed by atoms with E-state index >= 15 is 0 Å². The summed E-state index contributed by atoms with van der Waals surface area (Å²) in [6, 6.07) is 0. The fraction of sp³-hybridized carbons (Fsp3) is 0.538. The second-order valence-electron chi connectivity index (χ2n) is 4.36. The normalized spacial score (nSPS) is 14.5. The van der Waals surface area contributed by atoms with Gasteiger partial charge in [0.15, 0.2) is 4.98 Å². The van der Waals surface area contributed by atoms with Gasteiger partial charge in [0.25, 0.3) is 0 Å². The maximum atomic E-state index is 12.3. The molecule has 0 saturated heterocycles. The van der Waals surface area contributed by atoms with Gasteiger partial charge in [-0.3, -0.25) is 0 Å². The van der Waals surface area contributed by atoms with Crippen molar-refractivity contribution in [3.05, 3.63) is 39.9 Å². The number of hydrogen-bond donors (Lipinski definition) is 2. The first-order chi connectivity index (χ1) is 9.72. The number of halogens is 3. The van der Waals surface area contributed by atoms with Crippen LogP contribution < -0.4 is 0 Å². The highest BCUT2D eigenvalue weighted by molar-refractivity contribution is 5.16. The molecule has 0 saturated carbocycles. The molecule has 0 heterocycles. The lowest BCUT2D eigenvalue weighted by molar-refractivity contribution is -0.0968. The van der Waals surface area contributed by atoms with Crippen molar-refractivity contribution in [2.75, 3.05) is 13.2 Å². The third-order valence-corrected chi connectivity index (χ3v) is 2.48. The van der Waals surface area contributed by atoms with Gasteiger partial charge in [-0.05, 0) is 32.3 Å². The first-order valence-electron chi connectivity index (χ1n) is 6.12. The van der Waals surface area contributed by atoms with Crippen LogP contribution in [0.5, 0.6) is 0 Å². The van der Waals surface area contributed by atoms with Gasteiger partial charge in [0, 0.05) is 0 Å². The molecule has 0 fully saturated rings. The lowest BCUT2D eigenvalue weighted by Gasteiger charge is -2.05. The van der Waals surface area contributed by atoms with Gasteiger partial charge in [-0.2, -0.15) is 13.2 Å². The molecule has 0 rings (SSSR count). The Balaban J connectivity index is 4.49. The summed E-state index contributed by atoms with van der Waals surface area (Å²) in [4.78, 5) is 1.97. The Bertz CT molecular complexity index is 474. The molecule has 0 bridgehead atoms. The molecule has 118 valence electrons. The zero-order valence-electron chi connectivity index (χ0n) is 11.8. The minimum Gasteiger partial charge on any atom is -0.475 e. The maximum absolute atomic E-state index is 12.3. The van der Waals surface area contributed by atoms with Crippen LogP contribution in [0.1, 0.15) is 26.7 Å². The zero-order chi connectivity index (χ0) is 16.5. The quantitative estimate of drug-likeness (QED) is 0.426. The van der Waals surface area contributed by atoms with E-state index in [-0.39, 0.29) is 13.2 Å². The van der Waals surface area contributed by atoms with E-state index in [9.17, 15) is 13.2 Å². The predicted octanol–water partition coefficient (Wildman–Crippen LogP) is 3.81. The van der Waals surface area contributed by atoms with E-state index in [1.165, 1.54) is 0 Å². The number of hydrogen-bond acceptors (Lipinski definition) is 4. The average molecular weight is 307 g/mol. The Morgan fingerprint density at radius 1 is 1.24 bits per heavy atom. The zero-order valence-corrected chi connectivity index (χ0v) is 11.8. The summed E-state index contributed by atoms with van der Waals surface area (Å²) >= 11 is 0. The van der Waals surface area contributed by atoms with Crippen LogP contribution in [0.2, 0.25) is 0 Å². The van der Waals surface area contributed by atoms with E-state index < -0.39 is 17.8 Å². The average Bonchev–Trinajstić information content (AvgIpc) is 2.35. The van der Waals surface area contributed by atoms with E-state index in [2.05, 4.69) is 4.74 Å². The van der Waals surface area contributed by atoms with Crippen molar-refractivity contribution in [1.82, 2.24) is 0 Å². The van der Waals surface area contributed by atoms with Gasteiger partial charge in [-0.1, -0.05) is 17.7 Å². The minimum absolute atomic E-state index is 0.0405. The SMILES string of the molecule is C/C(=C\CO)CC/C=C(\C)CO/C(O)=C(\[N+]#N)C(F)(F)F. The number of ether oxygens (including phenoxy) is 1. The van der Waals surface area contributed by atoms with Crippen LogP contribution >= 0.6 is 0 Å². The highest BCUT2D eigenvalue weighted by atomic mass is 19.4. The number of alkyl halides is 3. The van der Waals surface area contributed by atoms with Gasteiger partial charge in [0.1, 0.15) is 6.61 Å². The van der Waals surface area contributed by atoms with Crippen LogP contribution in [0.3, 0.4) is 0 Å². The fourth-order valence-corrected chi connectivity index (χ4v) is 1.33. The highest BCUT2D eigenvalue weighted by Gasteiger charge is 2.51. The van der Waals surface area contributed by atoms with Crippen molar-refractivity contribution in [2.45, 2.75) is 32.9 Å². The van der Waals surface area contributed by atoms with Crippen molar-refractivity contribution >= 4 is 0 Å². The molecular formula is C13H18F3N2O3+. The molecule has 5 nitrogen and oxygen atoms in total. The number of diazo groups is 1. The smallest absolute Gasteiger partial charge is 0.475 e. The minimum atomic E-state index is -5.00. The van der Waals surface area contributed by atoms with Crippen LogP contribution in [0.4, 0.5) is 13.2 Å². The van der Waals surface area contributed by atoms with Gasteiger partial charge in [-0.25, -0.2) is 0 Å². The third-order valence-electron chi connectivity index (χ3n) is 2.48. The topological polar surface area (TPSA) is 77.8 Å². The van der Waals surface area contributed by atoms with E-state index in [0.29, 0.717) is 18.4 Å². The number of nitrogens with zero attached hydrogens (tertiary/aromatic N) is 2. The number of rotatable bonds is 7. The predicted molar refractivity (Wildman–Crippen MR) is 70.6 cm³/mol. The number of aliphatic hydroxyl groups excluding tert-OH is 2. The molecule has 0 radical (unpaired) electrons. The first kappa shape index (κ1) is 19.0. The number of allylic oxidation sites excluding steroid dienone is 3. The van der Waals surface area contributed by atoms with Gasteiger partial charge >= 0.3 is 17.8 Å². The molecule has 0 amide bonds. The van der Waals surface area contributed by atoms with Crippen molar-refractivity contribution in [3.63, 3.8) is 0 Å².